The van der Waals surface area contributed by atoms with Gasteiger partial charge in [-0.05, 0) is 113 Å². The van der Waals surface area contributed by atoms with E-state index in [1.807, 2.05) is 25.1 Å². The van der Waals surface area contributed by atoms with Crippen molar-refractivity contribution in [1.29, 1.82) is 0 Å². The van der Waals surface area contributed by atoms with Crippen LogP contribution >= 0.6 is 0 Å². The van der Waals surface area contributed by atoms with Crippen LogP contribution < -0.4 is 22.5 Å². The molecule has 0 radical (unpaired) electrons. The zero-order chi connectivity index (χ0) is 62.6. The maximum atomic E-state index is 14.4. The highest BCUT2D eigenvalue weighted by molar-refractivity contribution is 6.13. The number of Topliss-reactive ketones (excluding diaryl/α,β-unsaturated/α-hetero) is 1. The van der Waals surface area contributed by atoms with Gasteiger partial charge in [-0.25, -0.2) is 19.4 Å². The summed E-state index contributed by atoms with van der Waals surface area (Å²) in [6.07, 6.45) is 1.60. The topological polar surface area (TPSA) is 305 Å². The van der Waals surface area contributed by atoms with E-state index in [9.17, 15) is 43.8 Å². The van der Waals surface area contributed by atoms with Crippen molar-refractivity contribution >= 4 is 50.9 Å². The molecular weight excluding hydrogens is 1130 g/mol. The van der Waals surface area contributed by atoms with Gasteiger partial charge in [0.1, 0.15) is 37.9 Å². The zero-order valence-corrected chi connectivity index (χ0v) is 51.1. The molecule has 0 saturated carbocycles. The lowest BCUT2D eigenvalue weighted by molar-refractivity contribution is -0.150. The molecule has 6 N–H and O–H groups in total. The number of aliphatic hydroxyl groups is 2. The third kappa shape index (κ3) is 11.7. The third-order valence-electron chi connectivity index (χ3n) is 18.2. The molecule has 2 fully saturated rings. The molecule has 5 aliphatic rings. The smallest absolute Gasteiger partial charge is 0.338 e. The van der Waals surface area contributed by atoms with E-state index < -0.39 is 83.1 Å². The number of ether oxygens (including phenoxy) is 5. The third-order valence-corrected chi connectivity index (χ3v) is 18.2. The lowest BCUT2D eigenvalue weighted by Crippen LogP contribution is -2.33. The van der Waals surface area contributed by atoms with Crippen LogP contribution in [-0.4, -0.2) is 111 Å². The van der Waals surface area contributed by atoms with Crippen molar-refractivity contribution in [1.82, 2.24) is 39.0 Å². The van der Waals surface area contributed by atoms with Crippen LogP contribution in [0.1, 0.15) is 200 Å². The Hall–Kier alpha value is -8.15. The molecule has 464 valence electrons. The molecular formula is C66H76N8O14. The number of aromatic amines is 4. The predicted molar refractivity (Wildman–Crippen MR) is 328 cm³/mol. The fraction of sp³-hybridized carbons (Fsp3) is 0.470. The van der Waals surface area contributed by atoms with Crippen LogP contribution in [0.15, 0.2) is 68.0 Å². The van der Waals surface area contributed by atoms with Gasteiger partial charge < -0.3 is 43.9 Å². The molecule has 1 aliphatic carbocycles. The SMILES string of the molecule is CCCCCCOC(C)c1c(C)c2[nH]c1cc1nc(cc3[nH]c4c(c5nc(c2-c2ccc(C(=O)OCC6OC(n7cc(C)c(=O)[nH]c7=O)CC6O)cc2)C(C)C5CCC(=O)OCC2OC(n5cc(C)c(=O)[nH]c5=O)CC2O)CC(=O)c4c3C)C(CC)=C1C. The number of aliphatic hydroxyl groups excluding tert-OH is 2. The largest absolute Gasteiger partial charge is 0.463 e. The Labute approximate surface area is 506 Å². The monoisotopic (exact) mass is 1200 g/mol. The van der Waals surface area contributed by atoms with Crippen molar-refractivity contribution in [3.63, 3.8) is 0 Å². The summed E-state index contributed by atoms with van der Waals surface area (Å²) in [7, 11) is 0. The number of fused-ring (bicyclic) bond motifs is 8. The van der Waals surface area contributed by atoms with E-state index >= 15 is 0 Å². The van der Waals surface area contributed by atoms with Gasteiger partial charge in [0.15, 0.2) is 5.78 Å². The number of hydrogen-bond acceptors (Lipinski definition) is 16. The van der Waals surface area contributed by atoms with Crippen LogP contribution in [0.25, 0.3) is 44.3 Å². The Morgan fingerprint density at radius 3 is 1.97 bits per heavy atom. The first-order valence-electron chi connectivity index (χ1n) is 30.5. The number of carbonyl (C=O) groups is 3. The second kappa shape index (κ2) is 25.1. The van der Waals surface area contributed by atoms with Gasteiger partial charge in [-0.3, -0.25) is 43.3 Å². The molecule has 9 unspecified atom stereocenters. The van der Waals surface area contributed by atoms with E-state index in [-0.39, 0.29) is 73.9 Å². The van der Waals surface area contributed by atoms with Crippen LogP contribution in [0, 0.1) is 27.7 Å². The van der Waals surface area contributed by atoms with Gasteiger partial charge in [-0.2, -0.15) is 0 Å². The van der Waals surface area contributed by atoms with Gasteiger partial charge in [0.2, 0.25) is 0 Å². The van der Waals surface area contributed by atoms with Crippen LogP contribution in [-0.2, 0) is 34.9 Å². The summed E-state index contributed by atoms with van der Waals surface area (Å²) < 4.78 is 32.7. The lowest BCUT2D eigenvalue weighted by Gasteiger charge is -2.19. The van der Waals surface area contributed by atoms with Gasteiger partial charge in [0.25, 0.3) is 11.1 Å². The van der Waals surface area contributed by atoms with E-state index in [4.69, 9.17) is 33.7 Å². The zero-order valence-electron chi connectivity index (χ0n) is 51.1. The van der Waals surface area contributed by atoms with E-state index in [0.29, 0.717) is 52.2 Å². The van der Waals surface area contributed by atoms with Crippen LogP contribution in [0.2, 0.25) is 0 Å². The Morgan fingerprint density at radius 2 is 1.34 bits per heavy atom. The van der Waals surface area contributed by atoms with Gasteiger partial charge in [0, 0.05) is 101 Å². The van der Waals surface area contributed by atoms with Gasteiger partial charge in [0.05, 0.1) is 57.7 Å². The quantitative estimate of drug-likeness (QED) is 0.0326. The number of allylic oxidation sites excluding steroid dienone is 2. The number of H-pyrrole nitrogens is 4. The summed E-state index contributed by atoms with van der Waals surface area (Å²) in [5.41, 5.74) is 11.5. The van der Waals surface area contributed by atoms with Crippen molar-refractivity contribution in [3.8, 4) is 11.1 Å². The molecule has 88 heavy (non-hydrogen) atoms. The molecule has 1 aromatic carbocycles. The first-order chi connectivity index (χ1) is 42.1. The van der Waals surface area contributed by atoms with Crippen molar-refractivity contribution in [2.75, 3.05) is 19.8 Å². The van der Waals surface area contributed by atoms with Crippen molar-refractivity contribution in [3.05, 3.63) is 158 Å². The van der Waals surface area contributed by atoms with Crippen LogP contribution in [0.3, 0.4) is 0 Å². The summed E-state index contributed by atoms with van der Waals surface area (Å²) >= 11 is 0. The fourth-order valence-electron chi connectivity index (χ4n) is 13.2. The molecule has 4 aliphatic heterocycles. The summed E-state index contributed by atoms with van der Waals surface area (Å²) in [6.45, 7) is 17.5. The van der Waals surface area contributed by atoms with Crippen LogP contribution in [0.4, 0.5) is 0 Å². The second-order valence-electron chi connectivity index (χ2n) is 24.0. The molecule has 5 aromatic heterocycles. The average Bonchev–Trinajstić information content (AvgIpc) is 1.67. The number of benzene rings is 1. The standard InChI is InChI=1S/C66H76N8O14/c1-10-12-13-14-21-84-37(9)55-36(8)59-57(38-15-17-39(18-16-38)64(81)86-30-51-48(76)26-53(88-51)74-28-32(4)63(80)72-66(74)83)58-34(6)41(19-20-54(78)85-29-50-47(75)25-52(87-50)73-27-31(3)62(79)71-65(73)82)60(70-58)42-22-49(77)56-35(7)44(68-61(42)56)23-45-40(11-2)33(5)43(67-45)24-46(55)69-59/h15-18,23-24,27-28,34,37,41,47-48,50-53,68-69,75-76H,10-14,19-22,25-26,29-30H2,1-9H3,(H,71,79,82)(H,72,80,83). The average molecular weight is 1210 g/mol. The summed E-state index contributed by atoms with van der Waals surface area (Å²) in [4.78, 5) is 115. The number of ketones is 1. The maximum Gasteiger partial charge on any atom is 0.338 e. The first-order valence-corrected chi connectivity index (χ1v) is 30.5. The number of nitrogens with zero attached hydrogens (tertiary/aromatic N) is 4. The highest BCUT2D eigenvalue weighted by Crippen LogP contribution is 2.49. The summed E-state index contributed by atoms with van der Waals surface area (Å²) in [5.74, 6) is -2.16. The second-order valence-corrected chi connectivity index (χ2v) is 24.0. The van der Waals surface area contributed by atoms with E-state index in [1.165, 1.54) is 21.5 Å². The molecule has 0 amide bonds. The van der Waals surface area contributed by atoms with Crippen molar-refractivity contribution < 1.29 is 48.3 Å². The minimum Gasteiger partial charge on any atom is -0.463 e. The number of unbranched alkanes of at least 4 members (excludes halogenated alkanes) is 3. The Bertz CT molecular complexity index is 4220. The minimum absolute atomic E-state index is 0.0228. The normalized spacial score (nSPS) is 21.8. The number of rotatable bonds is 19. The molecule has 22 nitrogen and oxygen atoms in total. The molecule has 22 heteroatoms. The summed E-state index contributed by atoms with van der Waals surface area (Å²) in [6, 6.07) is 11.1. The summed E-state index contributed by atoms with van der Waals surface area (Å²) in [5, 5.41) is 22.0. The Kier molecular flexibility index (Phi) is 17.6. The van der Waals surface area contributed by atoms with E-state index in [1.54, 1.807) is 26.0 Å². The Balaban J connectivity index is 0.994. The number of nitrogens with one attached hydrogen (secondary N) is 4. The van der Waals surface area contributed by atoms with Gasteiger partial charge in [-0.15, -0.1) is 0 Å². The number of aryl methyl sites for hydroxylation is 4. The van der Waals surface area contributed by atoms with Crippen molar-refractivity contribution in [2.24, 2.45) is 0 Å². The molecule has 0 spiro atoms. The van der Waals surface area contributed by atoms with E-state index in [2.05, 4.69) is 67.5 Å². The molecule has 11 rings (SSSR count). The first kappa shape index (κ1) is 61.5. The molecule has 8 bridgehead atoms. The highest BCUT2D eigenvalue weighted by Gasteiger charge is 2.41. The highest BCUT2D eigenvalue weighted by atomic mass is 16.6. The molecule has 9 atom stereocenters. The molecule has 2 saturated heterocycles. The number of hydrogen-bond donors (Lipinski definition) is 6. The predicted octanol–water partition coefficient (Wildman–Crippen LogP) is 8.72. The minimum atomic E-state index is -1.08. The fourth-order valence-corrected chi connectivity index (χ4v) is 13.2. The van der Waals surface area contributed by atoms with Crippen molar-refractivity contribution in [2.45, 2.75) is 181 Å². The number of carbonyl (C=O) groups excluding carboxylic acids is 3. The Morgan fingerprint density at radius 1 is 0.727 bits per heavy atom. The van der Waals surface area contributed by atoms with Gasteiger partial charge >= 0.3 is 23.3 Å². The van der Waals surface area contributed by atoms with E-state index in [0.717, 1.165) is 81.5 Å². The molecule has 6 aromatic rings. The van der Waals surface area contributed by atoms with Gasteiger partial charge in [-0.1, -0.05) is 52.2 Å². The molecule has 9 heterocycles. The number of esters is 2. The number of aromatic nitrogens is 8. The lowest BCUT2D eigenvalue weighted by atomic mass is 9.83. The van der Waals surface area contributed by atoms with Crippen LogP contribution in [0.5, 0.6) is 0 Å². The maximum absolute atomic E-state index is 14.4.